The standard InChI is InChI=1S/C6H8N4O/c1-5(11)2-3-7-6-8-4-9-10-6/h2-4H,1H3,(H2,7,8,9,10). The highest BCUT2D eigenvalue weighted by Gasteiger charge is 1.87. The fourth-order valence-electron chi connectivity index (χ4n) is 0.513. The second kappa shape index (κ2) is 3.50. The van der Waals surface area contributed by atoms with E-state index in [1.807, 2.05) is 0 Å². The summed E-state index contributed by atoms with van der Waals surface area (Å²) in [6.45, 7) is 1.47. The summed E-state index contributed by atoms with van der Waals surface area (Å²) in [4.78, 5) is 14.2. The van der Waals surface area contributed by atoms with E-state index in [0.717, 1.165) is 0 Å². The lowest BCUT2D eigenvalue weighted by Crippen LogP contribution is -1.91. The van der Waals surface area contributed by atoms with Gasteiger partial charge in [0.25, 0.3) is 0 Å². The molecule has 0 saturated heterocycles. The topological polar surface area (TPSA) is 70.7 Å². The Labute approximate surface area is 63.5 Å². The highest BCUT2D eigenvalue weighted by Crippen LogP contribution is 1.90. The Morgan fingerprint density at radius 3 is 3.18 bits per heavy atom. The number of carbonyl (C=O) groups is 1. The quantitative estimate of drug-likeness (QED) is 0.612. The fraction of sp³-hybridized carbons (Fsp3) is 0.167. The molecule has 5 heteroatoms. The zero-order valence-corrected chi connectivity index (χ0v) is 6.03. The molecule has 5 nitrogen and oxygen atoms in total. The Balaban J connectivity index is 2.40. The first-order valence-corrected chi connectivity index (χ1v) is 3.08. The molecule has 11 heavy (non-hydrogen) atoms. The van der Waals surface area contributed by atoms with Crippen LogP contribution in [0.3, 0.4) is 0 Å². The summed E-state index contributed by atoms with van der Waals surface area (Å²) in [7, 11) is 0. The van der Waals surface area contributed by atoms with Crippen LogP contribution in [-0.4, -0.2) is 21.0 Å². The fourth-order valence-corrected chi connectivity index (χ4v) is 0.513. The molecule has 0 aliphatic heterocycles. The van der Waals surface area contributed by atoms with E-state index in [1.165, 1.54) is 25.5 Å². The van der Waals surface area contributed by atoms with Gasteiger partial charge in [0.1, 0.15) is 6.33 Å². The van der Waals surface area contributed by atoms with Gasteiger partial charge in [-0.2, -0.15) is 10.1 Å². The molecule has 0 aliphatic rings. The molecule has 58 valence electrons. The van der Waals surface area contributed by atoms with Crippen LogP contribution in [0.1, 0.15) is 6.92 Å². The van der Waals surface area contributed by atoms with E-state index in [0.29, 0.717) is 5.95 Å². The van der Waals surface area contributed by atoms with Crippen molar-refractivity contribution >= 4 is 11.7 Å². The van der Waals surface area contributed by atoms with E-state index in [-0.39, 0.29) is 5.78 Å². The van der Waals surface area contributed by atoms with Gasteiger partial charge >= 0.3 is 0 Å². The third kappa shape index (κ3) is 2.61. The zero-order chi connectivity index (χ0) is 8.10. The summed E-state index contributed by atoms with van der Waals surface area (Å²) in [5, 5.41) is 8.90. The number of H-pyrrole nitrogens is 1. The molecule has 1 aromatic rings. The van der Waals surface area contributed by atoms with Gasteiger partial charge in [-0.05, 0) is 13.0 Å². The number of nitrogens with zero attached hydrogens (tertiary/aromatic N) is 2. The first-order chi connectivity index (χ1) is 5.29. The highest BCUT2D eigenvalue weighted by molar-refractivity contribution is 5.87. The smallest absolute Gasteiger partial charge is 0.222 e. The molecule has 0 saturated carbocycles. The van der Waals surface area contributed by atoms with E-state index in [1.54, 1.807) is 0 Å². The molecular formula is C6H8N4O. The molecule has 0 unspecified atom stereocenters. The van der Waals surface area contributed by atoms with Crippen LogP contribution in [0.2, 0.25) is 0 Å². The van der Waals surface area contributed by atoms with Crippen LogP contribution < -0.4 is 5.32 Å². The summed E-state index contributed by atoms with van der Waals surface area (Å²) in [5.74, 6) is 0.500. The van der Waals surface area contributed by atoms with Crippen LogP contribution in [-0.2, 0) is 4.79 Å². The molecule has 1 aromatic heterocycles. The van der Waals surface area contributed by atoms with E-state index < -0.39 is 0 Å². The average molecular weight is 152 g/mol. The van der Waals surface area contributed by atoms with E-state index >= 15 is 0 Å². The molecule has 0 bridgehead atoms. The third-order valence-corrected chi connectivity index (χ3v) is 0.953. The minimum atomic E-state index is -0.0167. The number of rotatable bonds is 3. The Hall–Kier alpha value is -1.65. The van der Waals surface area contributed by atoms with Crippen molar-refractivity contribution in [2.45, 2.75) is 6.92 Å². The largest absolute Gasteiger partial charge is 0.331 e. The van der Waals surface area contributed by atoms with Gasteiger partial charge in [-0.15, -0.1) is 0 Å². The van der Waals surface area contributed by atoms with Gasteiger partial charge in [0.15, 0.2) is 5.78 Å². The van der Waals surface area contributed by atoms with Gasteiger partial charge in [-0.3, -0.25) is 4.79 Å². The number of nitrogens with one attached hydrogen (secondary N) is 2. The maximum absolute atomic E-state index is 10.4. The van der Waals surface area contributed by atoms with Gasteiger partial charge in [0.05, 0.1) is 0 Å². The number of aromatic amines is 1. The number of carbonyl (C=O) groups excluding carboxylic acids is 1. The molecule has 2 N–H and O–H groups in total. The van der Waals surface area contributed by atoms with Crippen molar-refractivity contribution in [2.75, 3.05) is 5.32 Å². The molecule has 1 heterocycles. The predicted molar refractivity (Wildman–Crippen MR) is 39.8 cm³/mol. The zero-order valence-electron chi connectivity index (χ0n) is 6.03. The molecule has 0 fully saturated rings. The SMILES string of the molecule is CC(=O)C=CNc1ncn[nH]1. The van der Waals surface area contributed by atoms with Crippen LogP contribution in [0.15, 0.2) is 18.6 Å². The Kier molecular flexibility index (Phi) is 2.37. The van der Waals surface area contributed by atoms with Crippen LogP contribution >= 0.6 is 0 Å². The van der Waals surface area contributed by atoms with Gasteiger partial charge in [-0.1, -0.05) is 0 Å². The number of hydrogen-bond donors (Lipinski definition) is 2. The third-order valence-electron chi connectivity index (χ3n) is 0.953. The Bertz CT molecular complexity index is 252. The van der Waals surface area contributed by atoms with Crippen molar-refractivity contribution in [3.63, 3.8) is 0 Å². The number of hydrogen-bond acceptors (Lipinski definition) is 4. The van der Waals surface area contributed by atoms with Gasteiger partial charge in [0.2, 0.25) is 5.95 Å². The lowest BCUT2D eigenvalue weighted by Gasteiger charge is -1.89. The van der Waals surface area contributed by atoms with Gasteiger partial charge in [0, 0.05) is 6.20 Å². The maximum Gasteiger partial charge on any atom is 0.222 e. The second-order valence-corrected chi connectivity index (χ2v) is 1.92. The lowest BCUT2D eigenvalue weighted by molar-refractivity contribution is -0.112. The minimum Gasteiger partial charge on any atom is -0.331 e. The predicted octanol–water partition coefficient (Wildman–Crippen LogP) is 0.319. The maximum atomic E-state index is 10.4. The van der Waals surface area contributed by atoms with Gasteiger partial charge < -0.3 is 5.32 Å². The van der Waals surface area contributed by atoms with Crippen molar-refractivity contribution in [1.29, 1.82) is 0 Å². The van der Waals surface area contributed by atoms with Crippen molar-refractivity contribution in [3.8, 4) is 0 Å². The average Bonchev–Trinajstić information content (AvgIpc) is 2.39. The minimum absolute atomic E-state index is 0.0167. The number of aromatic nitrogens is 3. The first-order valence-electron chi connectivity index (χ1n) is 3.08. The van der Waals surface area contributed by atoms with Crippen LogP contribution in [0.4, 0.5) is 5.95 Å². The highest BCUT2D eigenvalue weighted by atomic mass is 16.1. The number of allylic oxidation sites excluding steroid dienone is 1. The summed E-state index contributed by atoms with van der Waals surface area (Å²) in [6, 6.07) is 0. The molecule has 0 spiro atoms. The molecular weight excluding hydrogens is 144 g/mol. The monoisotopic (exact) mass is 152 g/mol. The summed E-state index contributed by atoms with van der Waals surface area (Å²) in [5.41, 5.74) is 0. The molecule has 1 rings (SSSR count). The summed E-state index contributed by atoms with van der Waals surface area (Å²) in [6.07, 6.45) is 4.29. The Morgan fingerprint density at radius 2 is 2.64 bits per heavy atom. The van der Waals surface area contributed by atoms with E-state index in [4.69, 9.17) is 0 Å². The normalized spacial score (nSPS) is 10.3. The summed E-state index contributed by atoms with van der Waals surface area (Å²) >= 11 is 0. The van der Waals surface area contributed by atoms with Crippen molar-refractivity contribution < 1.29 is 4.79 Å². The Morgan fingerprint density at radius 1 is 1.82 bits per heavy atom. The van der Waals surface area contributed by atoms with E-state index in [2.05, 4.69) is 20.5 Å². The first kappa shape index (κ1) is 7.46. The van der Waals surface area contributed by atoms with Crippen LogP contribution in [0.25, 0.3) is 0 Å². The van der Waals surface area contributed by atoms with Crippen molar-refractivity contribution in [3.05, 3.63) is 18.6 Å². The van der Waals surface area contributed by atoms with Crippen molar-refractivity contribution in [2.24, 2.45) is 0 Å². The molecule has 0 atom stereocenters. The lowest BCUT2D eigenvalue weighted by atomic mass is 10.4. The summed E-state index contributed by atoms with van der Waals surface area (Å²) < 4.78 is 0. The van der Waals surface area contributed by atoms with E-state index in [9.17, 15) is 4.79 Å². The second-order valence-electron chi connectivity index (χ2n) is 1.92. The molecule has 0 radical (unpaired) electrons. The number of anilines is 1. The van der Waals surface area contributed by atoms with Gasteiger partial charge in [-0.25, -0.2) is 5.10 Å². The number of ketones is 1. The van der Waals surface area contributed by atoms with Crippen molar-refractivity contribution in [1.82, 2.24) is 15.2 Å². The van der Waals surface area contributed by atoms with Crippen LogP contribution in [0, 0.1) is 0 Å². The molecule has 0 aromatic carbocycles. The van der Waals surface area contributed by atoms with Crippen LogP contribution in [0.5, 0.6) is 0 Å². The molecule has 0 aliphatic carbocycles. The molecule has 0 amide bonds.